The first-order valence-electron chi connectivity index (χ1n) is 8.98. The van der Waals surface area contributed by atoms with Gasteiger partial charge >= 0.3 is 6.18 Å². The van der Waals surface area contributed by atoms with Crippen molar-refractivity contribution in [3.05, 3.63) is 89.0 Å². The molecular formula is C22H15F3N2O2S. The van der Waals surface area contributed by atoms with Crippen molar-refractivity contribution >= 4 is 29.3 Å². The molecule has 0 radical (unpaired) electrons. The van der Waals surface area contributed by atoms with Crippen molar-refractivity contribution in [1.29, 1.82) is 0 Å². The van der Waals surface area contributed by atoms with E-state index in [2.05, 4.69) is 10.6 Å². The zero-order valence-electron chi connectivity index (χ0n) is 15.4. The van der Waals surface area contributed by atoms with Crippen molar-refractivity contribution in [2.45, 2.75) is 22.5 Å². The number of anilines is 1. The van der Waals surface area contributed by atoms with Crippen LogP contribution in [0.4, 0.5) is 18.9 Å². The predicted molar refractivity (Wildman–Crippen MR) is 108 cm³/mol. The number of hydrogen-bond donors (Lipinski definition) is 2. The largest absolute Gasteiger partial charge is 0.416 e. The lowest BCUT2D eigenvalue weighted by Gasteiger charge is -2.11. The number of fused-ring (bicyclic) bond motifs is 2. The quantitative estimate of drug-likeness (QED) is 0.591. The highest BCUT2D eigenvalue weighted by Gasteiger charge is 2.30. The number of benzene rings is 3. The van der Waals surface area contributed by atoms with E-state index >= 15 is 0 Å². The molecule has 0 saturated carbocycles. The summed E-state index contributed by atoms with van der Waals surface area (Å²) in [5, 5.41) is 5.43. The Bertz CT molecular complexity index is 1150. The Morgan fingerprint density at radius 1 is 0.967 bits per heavy atom. The monoisotopic (exact) mass is 428 g/mol. The van der Waals surface area contributed by atoms with Crippen LogP contribution < -0.4 is 10.6 Å². The molecule has 3 aromatic rings. The van der Waals surface area contributed by atoms with Gasteiger partial charge in [-0.3, -0.25) is 9.59 Å². The van der Waals surface area contributed by atoms with Crippen LogP contribution in [-0.2, 0) is 12.7 Å². The van der Waals surface area contributed by atoms with Crippen LogP contribution in [0.3, 0.4) is 0 Å². The molecule has 0 aromatic heterocycles. The highest BCUT2D eigenvalue weighted by Crippen LogP contribution is 2.39. The Labute approximate surface area is 174 Å². The minimum atomic E-state index is -4.44. The lowest BCUT2D eigenvalue weighted by Crippen LogP contribution is -2.23. The van der Waals surface area contributed by atoms with Gasteiger partial charge < -0.3 is 10.6 Å². The molecule has 1 aliphatic heterocycles. The summed E-state index contributed by atoms with van der Waals surface area (Å²) in [5.41, 5.74) is 0.931. The minimum absolute atomic E-state index is 0.0492. The van der Waals surface area contributed by atoms with E-state index in [1.54, 1.807) is 30.3 Å². The van der Waals surface area contributed by atoms with Crippen LogP contribution in [-0.4, -0.2) is 11.8 Å². The van der Waals surface area contributed by atoms with E-state index in [-0.39, 0.29) is 12.5 Å². The molecule has 0 saturated heterocycles. The molecular weight excluding hydrogens is 413 g/mol. The van der Waals surface area contributed by atoms with Crippen LogP contribution >= 0.6 is 11.8 Å². The Kier molecular flexibility index (Phi) is 5.26. The summed E-state index contributed by atoms with van der Waals surface area (Å²) in [6.45, 7) is -0.0492. The van der Waals surface area contributed by atoms with Gasteiger partial charge in [0.05, 0.1) is 16.8 Å². The molecule has 0 spiro atoms. The fraction of sp³-hybridized carbons (Fsp3) is 0.0909. The Morgan fingerprint density at radius 2 is 1.77 bits per heavy atom. The van der Waals surface area contributed by atoms with E-state index in [4.69, 9.17) is 0 Å². The third kappa shape index (κ3) is 4.18. The molecule has 0 bridgehead atoms. The van der Waals surface area contributed by atoms with Crippen LogP contribution in [0.2, 0.25) is 0 Å². The number of alkyl halides is 3. The number of nitrogens with one attached hydrogen (secondary N) is 2. The topological polar surface area (TPSA) is 58.2 Å². The molecule has 3 aromatic carbocycles. The Morgan fingerprint density at radius 3 is 2.57 bits per heavy atom. The molecule has 0 atom stereocenters. The Hall–Kier alpha value is -3.26. The molecule has 1 aliphatic rings. The molecule has 0 aliphatic carbocycles. The van der Waals surface area contributed by atoms with E-state index in [1.165, 1.54) is 23.9 Å². The average Bonchev–Trinajstić information content (AvgIpc) is 2.87. The molecule has 2 amide bonds. The molecule has 4 rings (SSSR count). The van der Waals surface area contributed by atoms with Gasteiger partial charge in [0.25, 0.3) is 11.8 Å². The van der Waals surface area contributed by atoms with Crippen molar-refractivity contribution < 1.29 is 22.8 Å². The summed E-state index contributed by atoms with van der Waals surface area (Å²) in [5.74, 6) is -0.713. The van der Waals surface area contributed by atoms with Crippen LogP contribution in [0, 0.1) is 0 Å². The van der Waals surface area contributed by atoms with Crippen LogP contribution in [0.5, 0.6) is 0 Å². The fourth-order valence-corrected chi connectivity index (χ4v) is 4.06. The van der Waals surface area contributed by atoms with Gasteiger partial charge in [-0.1, -0.05) is 36.0 Å². The number of rotatable bonds is 3. The van der Waals surface area contributed by atoms with Gasteiger partial charge in [-0.05, 0) is 48.0 Å². The standard InChI is InChI=1S/C22H15F3N2O2S/c23-22(24,25)15-5-3-4-13(10-15)12-26-20(28)14-8-9-19-17(11-14)27-21(29)16-6-1-2-7-18(16)30-19/h1-11H,12H2,(H,26,28)(H,27,29). The highest BCUT2D eigenvalue weighted by atomic mass is 32.2. The van der Waals surface area contributed by atoms with Crippen LogP contribution in [0.25, 0.3) is 0 Å². The molecule has 8 heteroatoms. The first-order chi connectivity index (χ1) is 14.3. The lowest BCUT2D eigenvalue weighted by atomic mass is 10.1. The maximum Gasteiger partial charge on any atom is 0.416 e. The van der Waals surface area contributed by atoms with Gasteiger partial charge in [-0.2, -0.15) is 13.2 Å². The van der Waals surface area contributed by atoms with Crippen LogP contribution in [0.15, 0.2) is 76.5 Å². The van der Waals surface area contributed by atoms with Gasteiger partial charge in [0.2, 0.25) is 0 Å². The third-order valence-electron chi connectivity index (χ3n) is 4.55. The van der Waals surface area contributed by atoms with Gasteiger partial charge in [0.15, 0.2) is 0 Å². The summed E-state index contributed by atoms with van der Waals surface area (Å²) < 4.78 is 38.5. The molecule has 1 heterocycles. The number of hydrogen-bond acceptors (Lipinski definition) is 3. The molecule has 0 fully saturated rings. The first-order valence-corrected chi connectivity index (χ1v) is 9.79. The van der Waals surface area contributed by atoms with E-state index in [1.807, 2.05) is 12.1 Å². The predicted octanol–water partition coefficient (Wildman–Crippen LogP) is 5.35. The fourth-order valence-electron chi connectivity index (χ4n) is 3.05. The van der Waals surface area contributed by atoms with Crippen molar-refractivity contribution in [3.63, 3.8) is 0 Å². The van der Waals surface area contributed by atoms with Crippen molar-refractivity contribution in [1.82, 2.24) is 5.32 Å². The van der Waals surface area contributed by atoms with Gasteiger partial charge in [-0.25, -0.2) is 0 Å². The summed E-state index contributed by atoms with van der Waals surface area (Å²) in [7, 11) is 0. The van der Waals surface area contributed by atoms with E-state index in [9.17, 15) is 22.8 Å². The third-order valence-corrected chi connectivity index (χ3v) is 5.70. The number of amides is 2. The number of carbonyl (C=O) groups excluding carboxylic acids is 2. The molecule has 30 heavy (non-hydrogen) atoms. The maximum atomic E-state index is 12.8. The molecule has 152 valence electrons. The zero-order valence-corrected chi connectivity index (χ0v) is 16.2. The van der Waals surface area contributed by atoms with Crippen molar-refractivity contribution in [3.8, 4) is 0 Å². The summed E-state index contributed by atoms with van der Waals surface area (Å²) in [6, 6.07) is 16.9. The highest BCUT2D eigenvalue weighted by molar-refractivity contribution is 7.99. The van der Waals surface area contributed by atoms with Crippen molar-refractivity contribution in [2.75, 3.05) is 5.32 Å². The number of halogens is 3. The SMILES string of the molecule is O=C(NCc1cccc(C(F)(F)F)c1)c1ccc2c(c1)NC(=O)c1ccccc1S2. The maximum absolute atomic E-state index is 12.8. The van der Waals surface area contributed by atoms with Gasteiger partial charge in [0.1, 0.15) is 0 Å². The van der Waals surface area contributed by atoms with Gasteiger partial charge in [0, 0.05) is 21.9 Å². The summed E-state index contributed by atoms with van der Waals surface area (Å²) in [6.07, 6.45) is -4.44. The number of carbonyl (C=O) groups is 2. The molecule has 2 N–H and O–H groups in total. The first kappa shape index (κ1) is 20.0. The second-order valence-corrected chi connectivity index (χ2v) is 7.73. The summed E-state index contributed by atoms with van der Waals surface area (Å²) >= 11 is 1.42. The van der Waals surface area contributed by atoms with Crippen molar-refractivity contribution in [2.24, 2.45) is 0 Å². The minimum Gasteiger partial charge on any atom is -0.348 e. The second-order valence-electron chi connectivity index (χ2n) is 6.64. The summed E-state index contributed by atoms with van der Waals surface area (Å²) in [4.78, 5) is 26.6. The second kappa shape index (κ2) is 7.87. The van der Waals surface area contributed by atoms with E-state index < -0.39 is 17.6 Å². The smallest absolute Gasteiger partial charge is 0.348 e. The van der Waals surface area contributed by atoms with E-state index in [0.717, 1.165) is 21.9 Å². The average molecular weight is 428 g/mol. The van der Waals surface area contributed by atoms with Gasteiger partial charge in [-0.15, -0.1) is 0 Å². The molecule has 4 nitrogen and oxygen atoms in total. The lowest BCUT2D eigenvalue weighted by molar-refractivity contribution is -0.137. The normalized spacial score (nSPS) is 13.0. The van der Waals surface area contributed by atoms with Crippen LogP contribution in [0.1, 0.15) is 31.8 Å². The zero-order chi connectivity index (χ0) is 21.3. The molecule has 0 unspecified atom stereocenters. The van der Waals surface area contributed by atoms with E-state index in [0.29, 0.717) is 22.4 Å². The Balaban J connectivity index is 1.50.